The van der Waals surface area contributed by atoms with E-state index in [0.29, 0.717) is 6.61 Å². The number of rotatable bonds is 6. The van der Waals surface area contributed by atoms with Crippen LogP contribution in [0.15, 0.2) is 29.3 Å². The third-order valence-electron chi connectivity index (χ3n) is 5.61. The summed E-state index contributed by atoms with van der Waals surface area (Å²) >= 11 is 0. The number of halogens is 1. The molecule has 1 aromatic carbocycles. The number of likely N-dealkylation sites (tertiary alicyclic amines) is 1. The molecule has 8 heteroatoms. The molecule has 0 atom stereocenters. The number of nitrogens with zero attached hydrogens (tertiary/aromatic N) is 3. The van der Waals surface area contributed by atoms with Gasteiger partial charge in [-0.1, -0.05) is 24.3 Å². The molecule has 0 amide bonds. The number of piperidine rings is 1. The Bertz CT molecular complexity index is 669. The zero-order valence-electron chi connectivity index (χ0n) is 18.1. The predicted octanol–water partition coefficient (Wildman–Crippen LogP) is 2.49. The number of ether oxygens (including phenoxy) is 2. The van der Waals surface area contributed by atoms with Gasteiger partial charge in [-0.2, -0.15) is 0 Å². The summed E-state index contributed by atoms with van der Waals surface area (Å²) in [5.74, 6) is 0.847. The fourth-order valence-electron chi connectivity index (χ4n) is 3.88. The van der Waals surface area contributed by atoms with Gasteiger partial charge in [-0.05, 0) is 30.9 Å². The highest BCUT2D eigenvalue weighted by atomic mass is 127. The smallest absolute Gasteiger partial charge is 0.309 e. The number of morpholine rings is 1. The molecule has 0 aliphatic carbocycles. The molecule has 1 N–H and O–H groups in total. The van der Waals surface area contributed by atoms with Crippen LogP contribution < -0.4 is 5.32 Å². The molecule has 2 fully saturated rings. The van der Waals surface area contributed by atoms with Crippen molar-refractivity contribution in [3.05, 3.63) is 35.4 Å². The number of hydrogen-bond acceptors (Lipinski definition) is 5. The lowest BCUT2D eigenvalue weighted by Gasteiger charge is -2.33. The van der Waals surface area contributed by atoms with Crippen LogP contribution in [0.4, 0.5) is 0 Å². The molecule has 0 unspecified atom stereocenters. The number of nitrogens with one attached hydrogen (secondary N) is 1. The molecular weight excluding hydrogens is 495 g/mol. The average Bonchev–Trinajstić information content (AvgIpc) is 2.76. The van der Waals surface area contributed by atoms with Crippen molar-refractivity contribution in [2.45, 2.75) is 32.9 Å². The van der Waals surface area contributed by atoms with E-state index in [1.165, 1.54) is 11.1 Å². The van der Waals surface area contributed by atoms with Gasteiger partial charge in [0, 0.05) is 46.3 Å². The van der Waals surface area contributed by atoms with E-state index in [2.05, 4.69) is 44.4 Å². The molecule has 3 rings (SSSR count). The van der Waals surface area contributed by atoms with Gasteiger partial charge in [-0.15, -0.1) is 24.0 Å². The first-order valence-corrected chi connectivity index (χ1v) is 10.7. The Morgan fingerprint density at radius 2 is 1.77 bits per heavy atom. The van der Waals surface area contributed by atoms with Crippen molar-refractivity contribution >= 4 is 35.9 Å². The summed E-state index contributed by atoms with van der Waals surface area (Å²) in [6, 6.07) is 8.78. The Labute approximate surface area is 197 Å². The van der Waals surface area contributed by atoms with Crippen LogP contribution in [-0.2, 0) is 27.4 Å². The Kier molecular flexibility index (Phi) is 10.9. The Balaban J connectivity index is 0.00000320. The van der Waals surface area contributed by atoms with Crippen LogP contribution in [0, 0.1) is 5.92 Å². The standard InChI is InChI=1S/C22H34N4O3.HI/c1-3-29-21(27)20-8-10-26(11-9-20)22(23-2)24-16-18-4-6-19(7-5-18)17-25-12-14-28-15-13-25;/h4-7,20H,3,8-17H2,1-2H3,(H,23,24);1H. The van der Waals surface area contributed by atoms with E-state index in [0.717, 1.165) is 71.3 Å². The fraction of sp³-hybridized carbons (Fsp3) is 0.636. The van der Waals surface area contributed by atoms with Gasteiger partial charge in [0.1, 0.15) is 0 Å². The highest BCUT2D eigenvalue weighted by Gasteiger charge is 2.27. The molecule has 7 nitrogen and oxygen atoms in total. The first-order valence-electron chi connectivity index (χ1n) is 10.7. The number of esters is 1. The molecular formula is C22H35IN4O3. The number of guanidine groups is 1. The predicted molar refractivity (Wildman–Crippen MR) is 129 cm³/mol. The lowest BCUT2D eigenvalue weighted by Crippen LogP contribution is -2.46. The monoisotopic (exact) mass is 530 g/mol. The van der Waals surface area contributed by atoms with E-state index < -0.39 is 0 Å². The van der Waals surface area contributed by atoms with E-state index in [1.807, 2.05) is 14.0 Å². The van der Waals surface area contributed by atoms with Crippen molar-refractivity contribution in [1.82, 2.24) is 15.1 Å². The van der Waals surface area contributed by atoms with Crippen molar-refractivity contribution in [3.63, 3.8) is 0 Å². The SMILES string of the molecule is CCOC(=O)C1CCN(C(=NC)NCc2ccc(CN3CCOCC3)cc2)CC1.I. The average molecular weight is 530 g/mol. The molecule has 2 aliphatic heterocycles. The number of carbonyl (C=O) groups is 1. The first-order chi connectivity index (χ1) is 14.2. The minimum absolute atomic E-state index is 0. The van der Waals surface area contributed by atoms with Crippen LogP contribution in [0.1, 0.15) is 30.9 Å². The summed E-state index contributed by atoms with van der Waals surface area (Å²) in [5, 5.41) is 3.46. The summed E-state index contributed by atoms with van der Waals surface area (Å²) < 4.78 is 10.6. The molecule has 0 spiro atoms. The molecule has 30 heavy (non-hydrogen) atoms. The molecule has 0 bridgehead atoms. The lowest BCUT2D eigenvalue weighted by molar-refractivity contribution is -0.149. The van der Waals surface area contributed by atoms with Gasteiger partial charge < -0.3 is 19.7 Å². The van der Waals surface area contributed by atoms with E-state index >= 15 is 0 Å². The summed E-state index contributed by atoms with van der Waals surface area (Å²) in [6.45, 7) is 9.34. The summed E-state index contributed by atoms with van der Waals surface area (Å²) in [5.41, 5.74) is 2.57. The van der Waals surface area contributed by atoms with Gasteiger partial charge in [-0.3, -0.25) is 14.7 Å². The third-order valence-corrected chi connectivity index (χ3v) is 5.61. The normalized spacial score (nSPS) is 18.6. The second-order valence-corrected chi connectivity index (χ2v) is 7.62. The Morgan fingerprint density at radius 1 is 1.13 bits per heavy atom. The number of aliphatic imine (C=N–C) groups is 1. The molecule has 0 saturated carbocycles. The van der Waals surface area contributed by atoms with E-state index in [1.54, 1.807) is 0 Å². The van der Waals surface area contributed by atoms with Gasteiger partial charge in [0.2, 0.25) is 0 Å². The third kappa shape index (κ3) is 7.39. The minimum Gasteiger partial charge on any atom is -0.466 e. The summed E-state index contributed by atoms with van der Waals surface area (Å²) in [4.78, 5) is 21.0. The highest BCUT2D eigenvalue weighted by Crippen LogP contribution is 2.19. The number of carbonyl (C=O) groups excluding carboxylic acids is 1. The Hall–Kier alpha value is -1.39. The molecule has 168 valence electrons. The van der Waals surface area contributed by atoms with Gasteiger partial charge in [0.25, 0.3) is 0 Å². The van der Waals surface area contributed by atoms with E-state index in [9.17, 15) is 4.79 Å². The van der Waals surface area contributed by atoms with E-state index in [4.69, 9.17) is 9.47 Å². The quantitative estimate of drug-likeness (QED) is 0.264. The fourth-order valence-corrected chi connectivity index (χ4v) is 3.88. The molecule has 2 heterocycles. The van der Waals surface area contributed by atoms with Crippen LogP contribution in [0.2, 0.25) is 0 Å². The van der Waals surface area contributed by atoms with Crippen LogP contribution >= 0.6 is 24.0 Å². The highest BCUT2D eigenvalue weighted by molar-refractivity contribution is 14.0. The van der Waals surface area contributed by atoms with Crippen molar-refractivity contribution < 1.29 is 14.3 Å². The Morgan fingerprint density at radius 3 is 2.37 bits per heavy atom. The topological polar surface area (TPSA) is 66.4 Å². The minimum atomic E-state index is -0.0627. The van der Waals surface area contributed by atoms with Crippen molar-refractivity contribution in [2.75, 3.05) is 53.0 Å². The van der Waals surface area contributed by atoms with Crippen molar-refractivity contribution in [2.24, 2.45) is 10.9 Å². The molecule has 1 aromatic rings. The maximum Gasteiger partial charge on any atom is 0.309 e. The van der Waals surface area contributed by atoms with Gasteiger partial charge in [-0.25, -0.2) is 0 Å². The maximum absolute atomic E-state index is 11.9. The lowest BCUT2D eigenvalue weighted by atomic mass is 9.97. The van der Waals surface area contributed by atoms with E-state index in [-0.39, 0.29) is 35.9 Å². The van der Waals surface area contributed by atoms with Crippen LogP contribution in [0.25, 0.3) is 0 Å². The van der Waals surface area contributed by atoms with Crippen molar-refractivity contribution in [1.29, 1.82) is 0 Å². The maximum atomic E-state index is 11.9. The van der Waals surface area contributed by atoms with Crippen LogP contribution in [0.5, 0.6) is 0 Å². The zero-order chi connectivity index (χ0) is 20.5. The van der Waals surface area contributed by atoms with Crippen LogP contribution in [-0.4, -0.2) is 74.8 Å². The van der Waals surface area contributed by atoms with Gasteiger partial charge in [0.05, 0.1) is 25.7 Å². The molecule has 2 saturated heterocycles. The first kappa shape index (κ1) is 24.9. The number of hydrogen-bond donors (Lipinski definition) is 1. The van der Waals surface area contributed by atoms with Crippen molar-refractivity contribution in [3.8, 4) is 0 Å². The van der Waals surface area contributed by atoms with Crippen LogP contribution in [0.3, 0.4) is 0 Å². The zero-order valence-corrected chi connectivity index (χ0v) is 20.5. The second-order valence-electron chi connectivity index (χ2n) is 7.62. The van der Waals surface area contributed by atoms with Gasteiger partial charge in [0.15, 0.2) is 5.96 Å². The molecule has 0 aromatic heterocycles. The molecule has 2 aliphatic rings. The molecule has 0 radical (unpaired) electrons. The largest absolute Gasteiger partial charge is 0.466 e. The summed E-state index contributed by atoms with van der Waals surface area (Å²) in [6.07, 6.45) is 1.63. The number of benzene rings is 1. The second kappa shape index (κ2) is 13.1. The van der Waals surface area contributed by atoms with Gasteiger partial charge >= 0.3 is 5.97 Å². The summed E-state index contributed by atoms with van der Waals surface area (Å²) in [7, 11) is 1.81.